The monoisotopic (exact) mass is 550 g/mol. The highest BCUT2D eigenvalue weighted by Gasteiger charge is 2.34. The molecular weight excluding hydrogens is 524 g/mol. The lowest BCUT2D eigenvalue weighted by atomic mass is 10.1. The third kappa shape index (κ3) is 6.19. The topological polar surface area (TPSA) is 77.1 Å². The number of hydrogen-bond donors (Lipinski definition) is 1. The molecule has 0 atom stereocenters. The van der Waals surface area contributed by atoms with Gasteiger partial charge in [0.15, 0.2) is 16.6 Å². The molecule has 4 aromatic rings. The van der Waals surface area contributed by atoms with Gasteiger partial charge in [-0.2, -0.15) is 0 Å². The molecule has 0 radical (unpaired) electrons. The molecule has 1 fully saturated rings. The lowest BCUT2D eigenvalue weighted by Gasteiger charge is -2.28. The molecule has 1 N–H and O–H groups in total. The van der Waals surface area contributed by atoms with E-state index in [4.69, 9.17) is 26.4 Å². The van der Waals surface area contributed by atoms with Gasteiger partial charge in [-0.25, -0.2) is 0 Å². The Balaban J connectivity index is 1.23. The number of benzene rings is 4. The van der Waals surface area contributed by atoms with E-state index < -0.39 is 11.8 Å². The summed E-state index contributed by atoms with van der Waals surface area (Å²) in [4.78, 5) is 27.0. The third-order valence-electron chi connectivity index (χ3n) is 6.18. The van der Waals surface area contributed by atoms with Crippen LogP contribution in [0.25, 0.3) is 6.08 Å². The van der Waals surface area contributed by atoms with Crippen LogP contribution in [-0.2, 0) is 22.8 Å². The Morgan fingerprint density at radius 3 is 2.15 bits per heavy atom. The molecule has 0 saturated carbocycles. The minimum atomic E-state index is -0.535. The summed E-state index contributed by atoms with van der Waals surface area (Å²) in [7, 11) is 1.60. The fraction of sp³-hybridized carbons (Fsp3) is 0.0938. The second kappa shape index (κ2) is 12.3. The van der Waals surface area contributed by atoms with Crippen LogP contribution in [0, 0.1) is 0 Å². The molecule has 1 aliphatic rings. The van der Waals surface area contributed by atoms with Crippen LogP contribution in [0.4, 0.5) is 5.69 Å². The molecule has 0 unspecified atom stereocenters. The van der Waals surface area contributed by atoms with Gasteiger partial charge in [-0.3, -0.25) is 19.8 Å². The summed E-state index contributed by atoms with van der Waals surface area (Å²) in [6, 6.07) is 31.7. The lowest BCUT2D eigenvalue weighted by Crippen LogP contribution is -2.54. The van der Waals surface area contributed by atoms with Gasteiger partial charge in [0.25, 0.3) is 11.8 Å². The van der Waals surface area contributed by atoms with Gasteiger partial charge in [-0.1, -0.05) is 66.7 Å². The molecule has 0 spiro atoms. The van der Waals surface area contributed by atoms with Gasteiger partial charge in [0, 0.05) is 0 Å². The van der Waals surface area contributed by atoms with Gasteiger partial charge in [-0.05, 0) is 71.4 Å². The summed E-state index contributed by atoms with van der Waals surface area (Å²) in [5, 5.41) is 2.64. The lowest BCUT2D eigenvalue weighted by molar-refractivity contribution is -0.122. The van der Waals surface area contributed by atoms with Gasteiger partial charge in [0.05, 0.1) is 12.8 Å². The Hall–Kier alpha value is -4.95. The molecule has 4 aromatic carbocycles. The van der Waals surface area contributed by atoms with Gasteiger partial charge in [-0.15, -0.1) is 0 Å². The Morgan fingerprint density at radius 2 is 1.45 bits per heavy atom. The van der Waals surface area contributed by atoms with E-state index in [9.17, 15) is 9.59 Å². The summed E-state index contributed by atoms with van der Waals surface area (Å²) in [5.41, 5.74) is 3.23. The highest BCUT2D eigenvalue weighted by Crippen LogP contribution is 2.29. The van der Waals surface area contributed by atoms with E-state index in [-0.39, 0.29) is 10.7 Å². The number of carbonyl (C=O) groups excluding carboxylic acids is 2. The van der Waals surface area contributed by atoms with Gasteiger partial charge in [0.2, 0.25) is 0 Å². The van der Waals surface area contributed by atoms with Crippen molar-refractivity contribution in [1.29, 1.82) is 0 Å². The summed E-state index contributed by atoms with van der Waals surface area (Å²) in [6.45, 7) is 0.764. The first-order valence-corrected chi connectivity index (χ1v) is 13.0. The highest BCUT2D eigenvalue weighted by molar-refractivity contribution is 7.80. The fourth-order valence-corrected chi connectivity index (χ4v) is 4.40. The number of hydrogen-bond acceptors (Lipinski definition) is 6. The van der Waals surface area contributed by atoms with Crippen molar-refractivity contribution in [2.75, 3.05) is 12.0 Å². The number of rotatable bonds is 9. The first kappa shape index (κ1) is 26.6. The maximum absolute atomic E-state index is 13.1. The fourth-order valence-electron chi connectivity index (χ4n) is 4.12. The average Bonchev–Trinajstić information content (AvgIpc) is 2.99. The van der Waals surface area contributed by atoms with Crippen LogP contribution >= 0.6 is 12.2 Å². The van der Waals surface area contributed by atoms with Crippen LogP contribution in [0.2, 0.25) is 0 Å². The normalized spacial score (nSPS) is 14.2. The number of carbonyl (C=O) groups is 2. The number of methoxy groups -OCH3 is 1. The minimum absolute atomic E-state index is 0.00668. The Kier molecular flexibility index (Phi) is 8.18. The van der Waals surface area contributed by atoms with Gasteiger partial charge in [0.1, 0.15) is 24.5 Å². The number of ether oxygens (including phenoxy) is 3. The highest BCUT2D eigenvalue weighted by atomic mass is 32.1. The summed E-state index contributed by atoms with van der Waals surface area (Å²) in [6.07, 6.45) is 1.54. The molecule has 1 aliphatic heterocycles. The number of nitrogens with zero attached hydrogens (tertiary/aromatic N) is 1. The van der Waals surface area contributed by atoms with Crippen LogP contribution < -0.4 is 24.4 Å². The molecule has 1 saturated heterocycles. The molecule has 1 heterocycles. The van der Waals surface area contributed by atoms with E-state index in [1.807, 2.05) is 54.6 Å². The number of thiocarbonyl (C=S) groups is 1. The zero-order valence-electron chi connectivity index (χ0n) is 21.7. The van der Waals surface area contributed by atoms with Crippen molar-refractivity contribution in [3.8, 4) is 17.2 Å². The zero-order chi connectivity index (χ0) is 27.9. The molecule has 0 aliphatic carbocycles. The maximum atomic E-state index is 13.1. The Bertz CT molecular complexity index is 1550. The SMILES string of the molecule is COc1cc(COc2ccc(/C=C3/C(=O)NC(=S)N(c4ccccc4)C3=O)cc2)ccc1OCc1ccccc1. The standard InChI is InChI=1S/C32H26N2O5S/c1-37-29-19-24(14-17-28(29)39-20-23-8-4-2-5-9-23)21-38-26-15-12-22(13-16-26)18-27-30(35)33-32(40)34(31(27)36)25-10-6-3-7-11-25/h2-19H,20-21H2,1H3,(H,33,35,40)/b27-18-. The molecular formula is C32H26N2O5S. The van der Waals surface area contributed by atoms with Crippen LogP contribution in [0.3, 0.4) is 0 Å². The maximum Gasteiger partial charge on any atom is 0.270 e. The predicted octanol–water partition coefficient (Wildman–Crippen LogP) is 5.68. The smallest absolute Gasteiger partial charge is 0.270 e. The van der Waals surface area contributed by atoms with Crippen LogP contribution in [0.1, 0.15) is 16.7 Å². The second-order valence-electron chi connectivity index (χ2n) is 8.91. The van der Waals surface area contributed by atoms with E-state index in [0.717, 1.165) is 11.1 Å². The van der Waals surface area contributed by atoms with Crippen molar-refractivity contribution in [2.24, 2.45) is 0 Å². The number of nitrogens with one attached hydrogen (secondary N) is 1. The van der Waals surface area contributed by atoms with E-state index >= 15 is 0 Å². The summed E-state index contributed by atoms with van der Waals surface area (Å²) in [5.74, 6) is 0.897. The van der Waals surface area contributed by atoms with Crippen molar-refractivity contribution in [3.63, 3.8) is 0 Å². The van der Waals surface area contributed by atoms with Crippen molar-refractivity contribution in [3.05, 3.63) is 125 Å². The summed E-state index contributed by atoms with van der Waals surface area (Å²) >= 11 is 5.24. The third-order valence-corrected chi connectivity index (χ3v) is 6.46. The quantitative estimate of drug-likeness (QED) is 0.164. The zero-order valence-corrected chi connectivity index (χ0v) is 22.5. The number of anilines is 1. The van der Waals surface area contributed by atoms with Crippen molar-refractivity contribution < 1.29 is 23.8 Å². The van der Waals surface area contributed by atoms with Crippen LogP contribution in [-0.4, -0.2) is 24.0 Å². The first-order valence-electron chi connectivity index (χ1n) is 12.5. The molecule has 2 amide bonds. The predicted molar refractivity (Wildman–Crippen MR) is 157 cm³/mol. The van der Waals surface area contributed by atoms with E-state index in [1.165, 1.54) is 11.0 Å². The molecule has 7 nitrogen and oxygen atoms in total. The van der Waals surface area contributed by atoms with Crippen molar-refractivity contribution in [1.82, 2.24) is 5.32 Å². The molecule has 8 heteroatoms. The van der Waals surface area contributed by atoms with Crippen LogP contribution in [0.15, 0.2) is 109 Å². The molecule has 0 aromatic heterocycles. The Labute approximate surface area is 237 Å². The number of para-hydroxylation sites is 1. The van der Waals surface area contributed by atoms with Crippen molar-refractivity contribution >= 4 is 40.9 Å². The average molecular weight is 551 g/mol. The Morgan fingerprint density at radius 1 is 0.775 bits per heavy atom. The minimum Gasteiger partial charge on any atom is -0.493 e. The van der Waals surface area contributed by atoms with E-state index in [0.29, 0.717) is 41.7 Å². The number of amides is 2. The van der Waals surface area contributed by atoms with E-state index in [2.05, 4.69) is 5.32 Å². The second-order valence-corrected chi connectivity index (χ2v) is 9.30. The van der Waals surface area contributed by atoms with E-state index in [1.54, 1.807) is 55.6 Å². The molecule has 40 heavy (non-hydrogen) atoms. The van der Waals surface area contributed by atoms with Gasteiger partial charge >= 0.3 is 0 Å². The molecule has 5 rings (SSSR count). The molecule has 0 bridgehead atoms. The largest absolute Gasteiger partial charge is 0.493 e. The summed E-state index contributed by atoms with van der Waals surface area (Å²) < 4.78 is 17.4. The van der Waals surface area contributed by atoms with Crippen molar-refractivity contribution in [2.45, 2.75) is 13.2 Å². The van der Waals surface area contributed by atoms with Crippen LogP contribution in [0.5, 0.6) is 17.2 Å². The van der Waals surface area contributed by atoms with Gasteiger partial charge < -0.3 is 14.2 Å². The first-order chi connectivity index (χ1) is 19.5. The molecule has 200 valence electrons.